The van der Waals surface area contributed by atoms with Crippen LogP contribution in [0, 0.1) is 6.92 Å². The van der Waals surface area contributed by atoms with E-state index in [0.29, 0.717) is 12.4 Å². The lowest BCUT2D eigenvalue weighted by molar-refractivity contribution is 0.411. The van der Waals surface area contributed by atoms with Crippen molar-refractivity contribution in [3.63, 3.8) is 0 Å². The number of ether oxygens (including phenoxy) is 1. The second-order valence-electron chi connectivity index (χ2n) is 6.14. The summed E-state index contributed by atoms with van der Waals surface area (Å²) in [7, 11) is 1.71. The third kappa shape index (κ3) is 3.11. The number of anilines is 1. The van der Waals surface area contributed by atoms with Crippen LogP contribution in [0.4, 0.5) is 5.69 Å². The molecule has 1 aromatic heterocycles. The predicted molar refractivity (Wildman–Crippen MR) is 104 cm³/mol. The second-order valence-corrected chi connectivity index (χ2v) is 6.14. The number of fused-ring (bicyclic) bond motifs is 1. The first-order valence-corrected chi connectivity index (χ1v) is 8.52. The number of aryl methyl sites for hydroxylation is 1. The monoisotopic (exact) mass is 344 g/mol. The lowest BCUT2D eigenvalue weighted by Gasteiger charge is -2.14. The molecule has 130 valence electrons. The summed E-state index contributed by atoms with van der Waals surface area (Å²) in [5.41, 5.74) is 3.18. The molecule has 5 heteroatoms. The first-order chi connectivity index (χ1) is 12.7. The van der Waals surface area contributed by atoms with Gasteiger partial charge in [0.05, 0.1) is 7.11 Å². The Kier molecular flexibility index (Phi) is 4.27. The Morgan fingerprint density at radius 1 is 1.00 bits per heavy atom. The van der Waals surface area contributed by atoms with Gasteiger partial charge in [-0.3, -0.25) is 5.10 Å². The minimum Gasteiger partial charge on any atom is -0.496 e. The van der Waals surface area contributed by atoms with Gasteiger partial charge in [-0.05, 0) is 48.0 Å². The third-order valence-electron chi connectivity index (χ3n) is 4.43. The predicted octanol–water partition coefficient (Wildman–Crippen LogP) is 4.55. The van der Waals surface area contributed by atoms with Crippen molar-refractivity contribution < 1.29 is 4.74 Å². The smallest absolute Gasteiger partial charge is 0.181 e. The largest absolute Gasteiger partial charge is 0.496 e. The molecule has 4 aromatic rings. The molecule has 0 unspecified atom stereocenters. The molecule has 0 atom stereocenters. The van der Waals surface area contributed by atoms with Crippen LogP contribution in [0.1, 0.15) is 11.4 Å². The van der Waals surface area contributed by atoms with E-state index in [9.17, 15) is 0 Å². The zero-order valence-electron chi connectivity index (χ0n) is 14.8. The average molecular weight is 344 g/mol. The lowest BCUT2D eigenvalue weighted by Crippen LogP contribution is -2.02. The zero-order valence-corrected chi connectivity index (χ0v) is 14.8. The Morgan fingerprint density at radius 2 is 1.81 bits per heavy atom. The van der Waals surface area contributed by atoms with E-state index in [1.165, 1.54) is 10.8 Å². The maximum Gasteiger partial charge on any atom is 0.181 e. The van der Waals surface area contributed by atoms with Crippen LogP contribution in [0.15, 0.2) is 60.7 Å². The van der Waals surface area contributed by atoms with Crippen molar-refractivity contribution in [1.29, 1.82) is 0 Å². The highest BCUT2D eigenvalue weighted by Crippen LogP contribution is 2.29. The summed E-state index contributed by atoms with van der Waals surface area (Å²) in [6.07, 6.45) is 0. The molecule has 0 aliphatic heterocycles. The Labute approximate surface area is 152 Å². The molecule has 0 saturated heterocycles. The Bertz CT molecular complexity index is 1040. The molecule has 2 N–H and O–H groups in total. The fraction of sp³-hybridized carbons (Fsp3) is 0.143. The molecule has 0 spiro atoms. The standard InChI is InChI=1S/C21H20N4O/c1-14-23-21(25-24-14)16-7-10-17(11-8-16)22-13-19-18-6-4-3-5-15(18)9-12-20(19)26-2/h3-12,22H,13H2,1-2H3,(H,23,24,25). The molecular formula is C21H20N4O. The summed E-state index contributed by atoms with van der Waals surface area (Å²) in [6, 6.07) is 20.6. The number of aromatic amines is 1. The van der Waals surface area contributed by atoms with Crippen molar-refractivity contribution in [1.82, 2.24) is 15.2 Å². The fourth-order valence-corrected chi connectivity index (χ4v) is 3.09. The van der Waals surface area contributed by atoms with E-state index in [1.54, 1.807) is 7.11 Å². The maximum absolute atomic E-state index is 5.56. The summed E-state index contributed by atoms with van der Waals surface area (Å²) < 4.78 is 5.56. The number of H-pyrrole nitrogens is 1. The molecule has 0 saturated carbocycles. The van der Waals surface area contributed by atoms with Crippen molar-refractivity contribution in [2.75, 3.05) is 12.4 Å². The average Bonchev–Trinajstić information content (AvgIpc) is 3.12. The van der Waals surface area contributed by atoms with Gasteiger partial charge in [-0.25, -0.2) is 4.98 Å². The number of hydrogen-bond donors (Lipinski definition) is 2. The number of methoxy groups -OCH3 is 1. The molecule has 1 heterocycles. The van der Waals surface area contributed by atoms with E-state index < -0.39 is 0 Å². The number of nitrogens with one attached hydrogen (secondary N) is 2. The Morgan fingerprint density at radius 3 is 2.54 bits per heavy atom. The first kappa shape index (κ1) is 16.1. The number of nitrogens with zero attached hydrogens (tertiary/aromatic N) is 2. The molecule has 0 bridgehead atoms. The van der Waals surface area contributed by atoms with Crippen molar-refractivity contribution >= 4 is 16.5 Å². The van der Waals surface area contributed by atoms with E-state index in [2.05, 4.69) is 50.8 Å². The van der Waals surface area contributed by atoms with E-state index in [0.717, 1.165) is 28.4 Å². The van der Waals surface area contributed by atoms with Crippen LogP contribution >= 0.6 is 0 Å². The summed E-state index contributed by atoms with van der Waals surface area (Å²) >= 11 is 0. The topological polar surface area (TPSA) is 62.8 Å². The van der Waals surface area contributed by atoms with Crippen LogP contribution in [0.2, 0.25) is 0 Å². The summed E-state index contributed by atoms with van der Waals surface area (Å²) in [4.78, 5) is 4.36. The van der Waals surface area contributed by atoms with E-state index >= 15 is 0 Å². The summed E-state index contributed by atoms with van der Waals surface area (Å²) in [6.45, 7) is 2.58. The minimum atomic E-state index is 0.684. The zero-order chi connectivity index (χ0) is 17.9. The summed E-state index contributed by atoms with van der Waals surface area (Å²) in [5.74, 6) is 2.42. The Hall–Kier alpha value is -3.34. The van der Waals surface area contributed by atoms with E-state index in [4.69, 9.17) is 4.74 Å². The number of benzene rings is 3. The number of hydrogen-bond acceptors (Lipinski definition) is 4. The fourth-order valence-electron chi connectivity index (χ4n) is 3.09. The highest BCUT2D eigenvalue weighted by atomic mass is 16.5. The molecule has 0 amide bonds. The van der Waals surface area contributed by atoms with Crippen molar-refractivity contribution in [3.8, 4) is 17.1 Å². The van der Waals surface area contributed by atoms with Crippen LogP contribution in [-0.4, -0.2) is 22.3 Å². The number of aromatic nitrogens is 3. The van der Waals surface area contributed by atoms with Crippen molar-refractivity contribution in [2.24, 2.45) is 0 Å². The van der Waals surface area contributed by atoms with Crippen LogP contribution in [0.5, 0.6) is 5.75 Å². The van der Waals surface area contributed by atoms with Crippen molar-refractivity contribution in [3.05, 3.63) is 72.1 Å². The highest BCUT2D eigenvalue weighted by Gasteiger charge is 2.08. The molecule has 0 aliphatic rings. The van der Waals surface area contributed by atoms with E-state index in [-0.39, 0.29) is 0 Å². The minimum absolute atomic E-state index is 0.684. The molecule has 0 radical (unpaired) electrons. The van der Waals surface area contributed by atoms with Crippen molar-refractivity contribution in [2.45, 2.75) is 13.5 Å². The highest BCUT2D eigenvalue weighted by molar-refractivity contribution is 5.88. The van der Waals surface area contributed by atoms with Crippen LogP contribution in [0.25, 0.3) is 22.2 Å². The molecule has 5 nitrogen and oxygen atoms in total. The normalized spacial score (nSPS) is 10.8. The second kappa shape index (κ2) is 6.88. The lowest BCUT2D eigenvalue weighted by atomic mass is 10.0. The Balaban J connectivity index is 1.56. The van der Waals surface area contributed by atoms with Gasteiger partial charge in [0.25, 0.3) is 0 Å². The van der Waals surface area contributed by atoms with Crippen LogP contribution in [-0.2, 0) is 6.54 Å². The van der Waals surface area contributed by atoms with Gasteiger partial charge in [0.2, 0.25) is 0 Å². The van der Waals surface area contributed by atoms with Crippen LogP contribution in [0.3, 0.4) is 0 Å². The van der Waals surface area contributed by atoms with Gasteiger partial charge in [0.15, 0.2) is 5.82 Å². The van der Waals surface area contributed by atoms with Gasteiger partial charge < -0.3 is 10.1 Å². The number of rotatable bonds is 5. The molecule has 26 heavy (non-hydrogen) atoms. The van der Waals surface area contributed by atoms with Gasteiger partial charge >= 0.3 is 0 Å². The third-order valence-corrected chi connectivity index (χ3v) is 4.43. The molecule has 0 fully saturated rings. The van der Waals surface area contributed by atoms with Gasteiger partial charge in [0.1, 0.15) is 11.6 Å². The van der Waals surface area contributed by atoms with Gasteiger partial charge in [-0.15, -0.1) is 0 Å². The molecule has 0 aliphatic carbocycles. The van der Waals surface area contributed by atoms with Crippen LogP contribution < -0.4 is 10.1 Å². The van der Waals surface area contributed by atoms with Gasteiger partial charge in [-0.1, -0.05) is 30.3 Å². The molecule has 3 aromatic carbocycles. The van der Waals surface area contributed by atoms with Gasteiger partial charge in [-0.2, -0.15) is 5.10 Å². The van der Waals surface area contributed by atoms with Gasteiger partial charge in [0, 0.05) is 23.4 Å². The molecule has 4 rings (SSSR count). The molecular weight excluding hydrogens is 324 g/mol. The SMILES string of the molecule is COc1ccc2ccccc2c1CNc1ccc(-c2n[nH]c(C)n2)cc1. The first-order valence-electron chi connectivity index (χ1n) is 8.52. The summed E-state index contributed by atoms with van der Waals surface area (Å²) in [5, 5.41) is 13.0. The quantitative estimate of drug-likeness (QED) is 0.557. The maximum atomic E-state index is 5.56. The van der Waals surface area contributed by atoms with E-state index in [1.807, 2.05) is 37.3 Å².